The summed E-state index contributed by atoms with van der Waals surface area (Å²) in [5.74, 6) is 0.547. The third kappa shape index (κ3) is 5.03. The molecule has 1 heterocycles. The third-order valence-corrected chi connectivity index (χ3v) is 6.15. The number of para-hydroxylation sites is 2. The number of aromatic nitrogens is 2. The largest absolute Gasteiger partial charge is 0.333 e. The van der Waals surface area contributed by atoms with Gasteiger partial charge in [0.05, 0.1) is 16.7 Å². The van der Waals surface area contributed by atoms with Crippen molar-refractivity contribution in [2.75, 3.05) is 0 Å². The zero-order valence-corrected chi connectivity index (χ0v) is 18.6. The molecule has 1 aromatic heterocycles. The van der Waals surface area contributed by atoms with Crippen LogP contribution in [-0.4, -0.2) is 21.6 Å². The first-order valence-electron chi connectivity index (χ1n) is 10.1. The summed E-state index contributed by atoms with van der Waals surface area (Å²) in [6, 6.07) is 21.7. The Morgan fingerprint density at radius 2 is 1.74 bits per heavy atom. The number of carbonyl (C=O) groups is 1. The van der Waals surface area contributed by atoms with Gasteiger partial charge in [-0.05, 0) is 73.4 Å². The highest BCUT2D eigenvalue weighted by Crippen LogP contribution is 2.23. The molecule has 4 rings (SSSR count). The number of hydrogen-bond acceptors (Lipinski definition) is 4. The Hall–Kier alpha value is -3.38. The van der Waals surface area contributed by atoms with E-state index >= 15 is 0 Å². The third-order valence-electron chi connectivity index (χ3n) is 5.21. The minimum absolute atomic E-state index is 0.223. The number of carbonyl (C=O) groups excluding carboxylic acids is 1. The van der Waals surface area contributed by atoms with Gasteiger partial charge in [0.2, 0.25) is 0 Å². The van der Waals surface area contributed by atoms with Crippen molar-refractivity contribution in [3.05, 3.63) is 94.5 Å². The number of rotatable bonds is 6. The fourth-order valence-corrected chi connectivity index (χ4v) is 3.97. The summed E-state index contributed by atoms with van der Waals surface area (Å²) >= 11 is 1.64. The predicted octanol–water partition coefficient (Wildman–Crippen LogP) is 5.63. The quantitative estimate of drug-likeness (QED) is 0.238. The number of nitrogens with one attached hydrogen (secondary N) is 2. The van der Waals surface area contributed by atoms with Gasteiger partial charge in [0.15, 0.2) is 5.16 Å². The minimum Gasteiger partial charge on any atom is -0.333 e. The first-order valence-corrected chi connectivity index (χ1v) is 11.1. The molecule has 5 nitrogen and oxygen atoms in total. The van der Waals surface area contributed by atoms with Gasteiger partial charge < -0.3 is 4.98 Å². The van der Waals surface area contributed by atoms with E-state index in [9.17, 15) is 4.79 Å². The summed E-state index contributed by atoms with van der Waals surface area (Å²) in [6.45, 7) is 6.04. The fourth-order valence-electron chi connectivity index (χ4n) is 3.13. The molecule has 0 bridgehead atoms. The first kappa shape index (κ1) is 20.9. The average molecular weight is 429 g/mol. The van der Waals surface area contributed by atoms with Crippen LogP contribution in [0.1, 0.15) is 39.5 Å². The van der Waals surface area contributed by atoms with Gasteiger partial charge in [-0.3, -0.25) is 4.79 Å². The lowest BCUT2D eigenvalue weighted by molar-refractivity contribution is 0.0955. The molecule has 1 amide bonds. The highest BCUT2D eigenvalue weighted by molar-refractivity contribution is 7.98. The van der Waals surface area contributed by atoms with Crippen molar-refractivity contribution in [3.63, 3.8) is 0 Å². The van der Waals surface area contributed by atoms with Gasteiger partial charge in [0, 0.05) is 11.3 Å². The van der Waals surface area contributed by atoms with Crippen molar-refractivity contribution in [3.8, 4) is 0 Å². The van der Waals surface area contributed by atoms with Gasteiger partial charge in [-0.2, -0.15) is 5.10 Å². The molecule has 156 valence electrons. The van der Waals surface area contributed by atoms with Gasteiger partial charge in [-0.25, -0.2) is 10.4 Å². The van der Waals surface area contributed by atoms with E-state index < -0.39 is 0 Å². The Balaban J connectivity index is 1.35. The van der Waals surface area contributed by atoms with Crippen molar-refractivity contribution in [2.45, 2.75) is 31.7 Å². The fraction of sp³-hybridized carbons (Fsp3) is 0.160. The average Bonchev–Trinajstić information content (AvgIpc) is 3.21. The van der Waals surface area contributed by atoms with Crippen molar-refractivity contribution in [1.82, 2.24) is 15.4 Å². The summed E-state index contributed by atoms with van der Waals surface area (Å²) in [4.78, 5) is 20.3. The standard InChI is InChI=1S/C25H24N4OS/c1-16-8-11-21(14-17(16)2)18(3)28-29-24(30)20-12-9-19(10-13-20)15-31-25-26-22-6-4-5-7-23(22)27-25/h4-14H,15H2,1-3H3,(H,26,27)(H,29,30). The number of hydrazone groups is 1. The van der Waals surface area contributed by atoms with Crippen molar-refractivity contribution < 1.29 is 4.79 Å². The summed E-state index contributed by atoms with van der Waals surface area (Å²) in [5.41, 5.74) is 10.6. The number of fused-ring (bicyclic) bond motifs is 1. The first-order chi connectivity index (χ1) is 15.0. The summed E-state index contributed by atoms with van der Waals surface area (Å²) < 4.78 is 0. The summed E-state index contributed by atoms with van der Waals surface area (Å²) in [5, 5.41) is 5.15. The van der Waals surface area contributed by atoms with Gasteiger partial charge in [-0.15, -0.1) is 0 Å². The Bertz CT molecular complexity index is 1230. The molecule has 0 spiro atoms. The molecular formula is C25H24N4OS. The molecule has 2 N–H and O–H groups in total. The molecule has 4 aromatic rings. The highest BCUT2D eigenvalue weighted by atomic mass is 32.2. The van der Waals surface area contributed by atoms with E-state index in [1.165, 1.54) is 11.1 Å². The minimum atomic E-state index is -0.223. The number of H-pyrrole nitrogens is 1. The van der Waals surface area contributed by atoms with Crippen molar-refractivity contribution >= 4 is 34.4 Å². The molecule has 0 aliphatic heterocycles. The van der Waals surface area contributed by atoms with Crippen LogP contribution in [0.5, 0.6) is 0 Å². The van der Waals surface area contributed by atoms with E-state index in [2.05, 4.69) is 46.5 Å². The maximum absolute atomic E-state index is 12.5. The molecule has 3 aromatic carbocycles. The van der Waals surface area contributed by atoms with Crippen LogP contribution >= 0.6 is 11.8 Å². The van der Waals surface area contributed by atoms with Gasteiger partial charge >= 0.3 is 0 Å². The monoisotopic (exact) mass is 428 g/mol. The zero-order chi connectivity index (χ0) is 21.8. The normalized spacial score (nSPS) is 11.6. The van der Waals surface area contributed by atoms with Crippen LogP contribution in [-0.2, 0) is 5.75 Å². The van der Waals surface area contributed by atoms with Crippen LogP contribution in [0, 0.1) is 13.8 Å². The molecule has 0 aliphatic rings. The second-order valence-electron chi connectivity index (χ2n) is 7.48. The van der Waals surface area contributed by atoms with Crippen molar-refractivity contribution in [1.29, 1.82) is 0 Å². The molecule has 0 unspecified atom stereocenters. The molecule has 0 radical (unpaired) electrons. The van der Waals surface area contributed by atoms with Crippen LogP contribution in [0.4, 0.5) is 0 Å². The molecule has 0 aliphatic carbocycles. The van der Waals surface area contributed by atoms with E-state index in [1.807, 2.05) is 61.5 Å². The Morgan fingerprint density at radius 3 is 2.48 bits per heavy atom. The molecule has 0 saturated heterocycles. The highest BCUT2D eigenvalue weighted by Gasteiger charge is 2.07. The lowest BCUT2D eigenvalue weighted by Gasteiger charge is -2.06. The van der Waals surface area contributed by atoms with E-state index in [0.717, 1.165) is 38.8 Å². The number of hydrogen-bond donors (Lipinski definition) is 2. The van der Waals surface area contributed by atoms with Crippen LogP contribution in [0.2, 0.25) is 0 Å². The van der Waals surface area contributed by atoms with Gasteiger partial charge in [0.25, 0.3) is 5.91 Å². The smallest absolute Gasteiger partial charge is 0.271 e. The van der Waals surface area contributed by atoms with Crippen LogP contribution in [0.25, 0.3) is 11.0 Å². The molecular weight excluding hydrogens is 404 g/mol. The Morgan fingerprint density at radius 1 is 1.00 bits per heavy atom. The number of imidazole rings is 1. The van der Waals surface area contributed by atoms with E-state index in [4.69, 9.17) is 0 Å². The number of thioether (sulfide) groups is 1. The number of aryl methyl sites for hydroxylation is 2. The predicted molar refractivity (Wildman–Crippen MR) is 128 cm³/mol. The zero-order valence-electron chi connectivity index (χ0n) is 17.8. The number of amides is 1. The summed E-state index contributed by atoms with van der Waals surface area (Å²) in [6.07, 6.45) is 0. The maximum atomic E-state index is 12.5. The molecule has 6 heteroatoms. The van der Waals surface area contributed by atoms with Crippen molar-refractivity contribution in [2.24, 2.45) is 5.10 Å². The van der Waals surface area contributed by atoms with Crippen LogP contribution in [0.3, 0.4) is 0 Å². The lowest BCUT2D eigenvalue weighted by Crippen LogP contribution is -2.19. The topological polar surface area (TPSA) is 70.1 Å². The number of benzene rings is 3. The maximum Gasteiger partial charge on any atom is 0.271 e. The van der Waals surface area contributed by atoms with Crippen LogP contribution < -0.4 is 5.43 Å². The van der Waals surface area contributed by atoms with Gasteiger partial charge in [-0.1, -0.05) is 48.2 Å². The van der Waals surface area contributed by atoms with E-state index in [0.29, 0.717) is 5.56 Å². The molecule has 0 fully saturated rings. The molecule has 0 atom stereocenters. The lowest BCUT2D eigenvalue weighted by atomic mass is 10.0. The number of aromatic amines is 1. The Kier molecular flexibility index (Phi) is 6.18. The van der Waals surface area contributed by atoms with Gasteiger partial charge in [0.1, 0.15) is 0 Å². The van der Waals surface area contributed by atoms with Crippen LogP contribution in [0.15, 0.2) is 77.0 Å². The molecule has 0 saturated carbocycles. The Labute approximate surface area is 186 Å². The van der Waals surface area contributed by atoms with E-state index in [1.54, 1.807) is 11.8 Å². The van der Waals surface area contributed by atoms with E-state index in [-0.39, 0.29) is 5.91 Å². The SMILES string of the molecule is CC(=NNC(=O)c1ccc(CSc2nc3ccccc3[nH]2)cc1)c1ccc(C)c(C)c1. The number of nitrogens with zero attached hydrogens (tertiary/aromatic N) is 2. The summed E-state index contributed by atoms with van der Waals surface area (Å²) in [7, 11) is 0. The second kappa shape index (κ2) is 9.18. The molecule has 31 heavy (non-hydrogen) atoms. The second-order valence-corrected chi connectivity index (χ2v) is 8.45.